The van der Waals surface area contributed by atoms with Crippen molar-refractivity contribution in [1.29, 1.82) is 0 Å². The van der Waals surface area contributed by atoms with Crippen LogP contribution in [0.2, 0.25) is 0 Å². The van der Waals surface area contributed by atoms with Crippen molar-refractivity contribution in [3.8, 4) is 0 Å². The first-order chi connectivity index (χ1) is 6.72. The second-order valence-electron chi connectivity index (χ2n) is 3.96. The van der Waals surface area contributed by atoms with Crippen LogP contribution in [-0.4, -0.2) is 18.7 Å². The van der Waals surface area contributed by atoms with Gasteiger partial charge in [-0.15, -0.1) is 0 Å². The smallest absolute Gasteiger partial charge is 0.305 e. The van der Waals surface area contributed by atoms with Crippen molar-refractivity contribution in [3.05, 3.63) is 0 Å². The van der Waals surface area contributed by atoms with Crippen LogP contribution in [0.5, 0.6) is 0 Å². The van der Waals surface area contributed by atoms with Gasteiger partial charge in [0, 0.05) is 6.42 Å². The Bertz CT molecular complexity index is 174. The van der Waals surface area contributed by atoms with Crippen LogP contribution in [0, 0.1) is 5.92 Å². The third-order valence-corrected chi connectivity index (χ3v) is 2.84. The fourth-order valence-electron chi connectivity index (χ4n) is 1.97. The molecule has 0 spiro atoms. The van der Waals surface area contributed by atoms with Gasteiger partial charge in [0.15, 0.2) is 0 Å². The highest BCUT2D eigenvalue weighted by Crippen LogP contribution is 2.29. The van der Waals surface area contributed by atoms with E-state index in [9.17, 15) is 9.18 Å². The van der Waals surface area contributed by atoms with E-state index < -0.39 is 6.17 Å². The summed E-state index contributed by atoms with van der Waals surface area (Å²) in [6.07, 6.45) is 3.97. The van der Waals surface area contributed by atoms with Gasteiger partial charge in [0.2, 0.25) is 0 Å². The Morgan fingerprint density at radius 1 is 1.36 bits per heavy atom. The van der Waals surface area contributed by atoms with Gasteiger partial charge in [-0.2, -0.15) is 0 Å². The first-order valence-corrected chi connectivity index (χ1v) is 5.52. The van der Waals surface area contributed by atoms with Gasteiger partial charge in [-0.1, -0.05) is 0 Å². The van der Waals surface area contributed by atoms with Gasteiger partial charge in [0.05, 0.1) is 6.61 Å². The van der Waals surface area contributed by atoms with E-state index in [0.717, 1.165) is 19.3 Å². The lowest BCUT2D eigenvalue weighted by atomic mass is 9.85. The molecule has 0 saturated heterocycles. The lowest BCUT2D eigenvalue weighted by Gasteiger charge is -2.23. The lowest BCUT2D eigenvalue weighted by Crippen LogP contribution is -2.16. The van der Waals surface area contributed by atoms with Crippen molar-refractivity contribution in [3.63, 3.8) is 0 Å². The number of esters is 1. The van der Waals surface area contributed by atoms with Crippen LogP contribution in [0.25, 0.3) is 0 Å². The predicted molar refractivity (Wildman–Crippen MR) is 52.7 cm³/mol. The minimum atomic E-state index is -0.603. The molecule has 0 aromatic rings. The van der Waals surface area contributed by atoms with Gasteiger partial charge in [-0.3, -0.25) is 4.79 Å². The lowest BCUT2D eigenvalue weighted by molar-refractivity contribution is -0.143. The third-order valence-electron chi connectivity index (χ3n) is 2.84. The SMILES string of the molecule is CCOC(=O)CCC1CCC(F)CC1. The molecule has 0 aromatic carbocycles. The Labute approximate surface area is 84.8 Å². The Kier molecular flexibility index (Phi) is 4.91. The Balaban J connectivity index is 2.09. The molecular weight excluding hydrogens is 183 g/mol. The molecule has 0 unspecified atom stereocenters. The van der Waals surface area contributed by atoms with Gasteiger partial charge < -0.3 is 4.74 Å². The molecule has 0 amide bonds. The normalized spacial score (nSPS) is 27.3. The summed E-state index contributed by atoms with van der Waals surface area (Å²) in [5.74, 6) is 0.418. The maximum absolute atomic E-state index is 12.8. The molecule has 0 bridgehead atoms. The average Bonchev–Trinajstić information content (AvgIpc) is 2.17. The van der Waals surface area contributed by atoms with Crippen LogP contribution in [0.1, 0.15) is 45.4 Å². The molecule has 0 heterocycles. The summed E-state index contributed by atoms with van der Waals surface area (Å²) in [6, 6.07) is 0. The summed E-state index contributed by atoms with van der Waals surface area (Å²) < 4.78 is 17.6. The van der Waals surface area contributed by atoms with Crippen LogP contribution >= 0.6 is 0 Å². The van der Waals surface area contributed by atoms with E-state index in [0.29, 0.717) is 31.8 Å². The van der Waals surface area contributed by atoms with E-state index >= 15 is 0 Å². The van der Waals surface area contributed by atoms with Gasteiger partial charge >= 0.3 is 5.97 Å². The average molecular weight is 202 g/mol. The minimum Gasteiger partial charge on any atom is -0.466 e. The molecule has 1 fully saturated rings. The van der Waals surface area contributed by atoms with Crippen molar-refractivity contribution in [2.75, 3.05) is 6.61 Å². The molecule has 0 atom stereocenters. The largest absolute Gasteiger partial charge is 0.466 e. The summed E-state index contributed by atoms with van der Waals surface area (Å²) in [7, 11) is 0. The molecule has 2 nitrogen and oxygen atoms in total. The van der Waals surface area contributed by atoms with Gasteiger partial charge in [0.1, 0.15) is 6.17 Å². The zero-order chi connectivity index (χ0) is 10.4. The molecule has 0 aliphatic heterocycles. The van der Waals surface area contributed by atoms with E-state index in [4.69, 9.17) is 4.74 Å². The van der Waals surface area contributed by atoms with Crippen molar-refractivity contribution >= 4 is 5.97 Å². The third kappa shape index (κ3) is 4.07. The van der Waals surface area contributed by atoms with E-state index in [1.165, 1.54) is 0 Å². The van der Waals surface area contributed by atoms with Crippen LogP contribution in [0.3, 0.4) is 0 Å². The molecule has 1 saturated carbocycles. The van der Waals surface area contributed by atoms with E-state index in [1.54, 1.807) is 0 Å². The molecule has 1 aliphatic carbocycles. The molecule has 0 radical (unpaired) electrons. The maximum atomic E-state index is 12.8. The molecule has 0 aromatic heterocycles. The highest BCUT2D eigenvalue weighted by atomic mass is 19.1. The standard InChI is InChI=1S/C11H19FO2/c1-2-14-11(13)8-5-9-3-6-10(12)7-4-9/h9-10H,2-8H2,1H3. The zero-order valence-electron chi connectivity index (χ0n) is 8.80. The van der Waals surface area contributed by atoms with Crippen LogP contribution in [0.4, 0.5) is 4.39 Å². The molecule has 3 heteroatoms. The fourth-order valence-corrected chi connectivity index (χ4v) is 1.97. The summed E-state index contributed by atoms with van der Waals surface area (Å²) in [4.78, 5) is 11.1. The fraction of sp³-hybridized carbons (Fsp3) is 0.909. The number of rotatable bonds is 4. The molecular formula is C11H19FO2. The highest BCUT2D eigenvalue weighted by molar-refractivity contribution is 5.69. The molecule has 14 heavy (non-hydrogen) atoms. The number of carbonyl (C=O) groups excluding carboxylic acids is 1. The number of hydrogen-bond acceptors (Lipinski definition) is 2. The number of carbonyl (C=O) groups is 1. The highest BCUT2D eigenvalue weighted by Gasteiger charge is 2.21. The first kappa shape index (κ1) is 11.5. The van der Waals surface area contributed by atoms with E-state index in [-0.39, 0.29) is 5.97 Å². The van der Waals surface area contributed by atoms with E-state index in [2.05, 4.69) is 0 Å². The quantitative estimate of drug-likeness (QED) is 0.655. The Morgan fingerprint density at radius 2 is 2.00 bits per heavy atom. The number of alkyl halides is 1. The maximum Gasteiger partial charge on any atom is 0.305 e. The molecule has 0 N–H and O–H groups in total. The minimum absolute atomic E-state index is 0.116. The first-order valence-electron chi connectivity index (χ1n) is 5.52. The van der Waals surface area contributed by atoms with Crippen molar-refractivity contribution in [1.82, 2.24) is 0 Å². The molecule has 82 valence electrons. The zero-order valence-corrected chi connectivity index (χ0v) is 8.80. The summed E-state index contributed by atoms with van der Waals surface area (Å²) in [5, 5.41) is 0. The summed E-state index contributed by atoms with van der Waals surface area (Å²) >= 11 is 0. The summed E-state index contributed by atoms with van der Waals surface area (Å²) in [6.45, 7) is 2.27. The second kappa shape index (κ2) is 5.99. The molecule has 1 rings (SSSR count). The number of ether oxygens (including phenoxy) is 1. The number of hydrogen-bond donors (Lipinski definition) is 0. The van der Waals surface area contributed by atoms with E-state index in [1.807, 2.05) is 6.92 Å². The Hall–Kier alpha value is -0.600. The van der Waals surface area contributed by atoms with Gasteiger partial charge in [0.25, 0.3) is 0 Å². The predicted octanol–water partition coefficient (Wildman–Crippen LogP) is 2.86. The van der Waals surface area contributed by atoms with Gasteiger partial charge in [-0.05, 0) is 44.9 Å². The number of halogens is 1. The van der Waals surface area contributed by atoms with Crippen LogP contribution in [-0.2, 0) is 9.53 Å². The second-order valence-corrected chi connectivity index (χ2v) is 3.96. The van der Waals surface area contributed by atoms with Crippen LogP contribution in [0.15, 0.2) is 0 Å². The topological polar surface area (TPSA) is 26.3 Å². The Morgan fingerprint density at radius 3 is 2.57 bits per heavy atom. The van der Waals surface area contributed by atoms with Crippen molar-refractivity contribution < 1.29 is 13.9 Å². The van der Waals surface area contributed by atoms with Gasteiger partial charge in [-0.25, -0.2) is 4.39 Å². The van der Waals surface area contributed by atoms with Crippen LogP contribution < -0.4 is 0 Å². The monoisotopic (exact) mass is 202 g/mol. The van der Waals surface area contributed by atoms with Crippen molar-refractivity contribution in [2.45, 2.75) is 51.6 Å². The van der Waals surface area contributed by atoms with Crippen molar-refractivity contribution in [2.24, 2.45) is 5.92 Å². The summed E-state index contributed by atoms with van der Waals surface area (Å²) in [5.41, 5.74) is 0. The molecule has 1 aliphatic rings.